The summed E-state index contributed by atoms with van der Waals surface area (Å²) in [5, 5.41) is 0. The van der Waals surface area contributed by atoms with Gasteiger partial charge in [-0.1, -0.05) is 20.3 Å². The standard InChI is InChI=1S/C12H22OS/c1-10(2)12(13)6-4-3-5-11-7-8-14-9-11/h10-11H,3-9H2,1-2H3. The van der Waals surface area contributed by atoms with Gasteiger partial charge in [-0.15, -0.1) is 0 Å². The van der Waals surface area contributed by atoms with Gasteiger partial charge in [0.2, 0.25) is 0 Å². The van der Waals surface area contributed by atoms with Crippen LogP contribution in [0.25, 0.3) is 0 Å². The van der Waals surface area contributed by atoms with Crippen molar-refractivity contribution in [1.82, 2.24) is 0 Å². The topological polar surface area (TPSA) is 17.1 Å². The second-order valence-corrected chi connectivity index (χ2v) is 5.75. The van der Waals surface area contributed by atoms with Crippen molar-refractivity contribution in [1.29, 1.82) is 0 Å². The normalized spacial score (nSPS) is 21.8. The monoisotopic (exact) mass is 214 g/mol. The lowest BCUT2D eigenvalue weighted by molar-refractivity contribution is -0.122. The lowest BCUT2D eigenvalue weighted by Crippen LogP contribution is -2.06. The van der Waals surface area contributed by atoms with Crippen molar-refractivity contribution in [3.05, 3.63) is 0 Å². The number of thioether (sulfide) groups is 1. The van der Waals surface area contributed by atoms with Gasteiger partial charge in [0.15, 0.2) is 0 Å². The highest BCUT2D eigenvalue weighted by Gasteiger charge is 2.15. The number of carbonyl (C=O) groups excluding carboxylic acids is 1. The third-order valence-corrected chi connectivity index (χ3v) is 4.18. The Morgan fingerprint density at radius 2 is 2.21 bits per heavy atom. The molecule has 1 unspecified atom stereocenters. The first-order chi connectivity index (χ1) is 6.70. The summed E-state index contributed by atoms with van der Waals surface area (Å²) in [7, 11) is 0. The Morgan fingerprint density at radius 1 is 1.43 bits per heavy atom. The predicted octanol–water partition coefficient (Wildman–Crippen LogP) is 3.53. The average molecular weight is 214 g/mol. The van der Waals surface area contributed by atoms with Crippen LogP contribution in [-0.2, 0) is 4.79 Å². The van der Waals surface area contributed by atoms with Crippen molar-refractivity contribution in [2.24, 2.45) is 11.8 Å². The van der Waals surface area contributed by atoms with Crippen molar-refractivity contribution < 1.29 is 4.79 Å². The first kappa shape index (κ1) is 12.1. The van der Waals surface area contributed by atoms with Gasteiger partial charge < -0.3 is 0 Å². The van der Waals surface area contributed by atoms with E-state index in [1.807, 2.05) is 13.8 Å². The van der Waals surface area contributed by atoms with Crippen LogP contribution in [0, 0.1) is 11.8 Å². The molecule has 1 aliphatic heterocycles. The van der Waals surface area contributed by atoms with E-state index in [-0.39, 0.29) is 5.92 Å². The predicted molar refractivity (Wildman–Crippen MR) is 63.7 cm³/mol. The van der Waals surface area contributed by atoms with E-state index in [1.54, 1.807) is 0 Å². The average Bonchev–Trinajstić information content (AvgIpc) is 2.64. The Hall–Kier alpha value is 0.0200. The van der Waals surface area contributed by atoms with Gasteiger partial charge >= 0.3 is 0 Å². The second-order valence-electron chi connectivity index (χ2n) is 4.60. The maximum absolute atomic E-state index is 11.3. The fraction of sp³-hybridized carbons (Fsp3) is 0.917. The molecule has 1 nitrogen and oxygen atoms in total. The van der Waals surface area contributed by atoms with E-state index in [4.69, 9.17) is 0 Å². The van der Waals surface area contributed by atoms with E-state index in [1.165, 1.54) is 30.8 Å². The molecule has 0 bridgehead atoms. The van der Waals surface area contributed by atoms with Crippen LogP contribution in [0.4, 0.5) is 0 Å². The molecule has 0 aromatic rings. The number of rotatable bonds is 6. The van der Waals surface area contributed by atoms with Crippen LogP contribution in [0.2, 0.25) is 0 Å². The molecule has 1 fully saturated rings. The van der Waals surface area contributed by atoms with Gasteiger partial charge in [0.05, 0.1) is 0 Å². The maximum Gasteiger partial charge on any atom is 0.135 e. The summed E-state index contributed by atoms with van der Waals surface area (Å²) in [5.74, 6) is 4.34. The van der Waals surface area contributed by atoms with Crippen molar-refractivity contribution in [2.45, 2.75) is 46.0 Å². The molecule has 0 N–H and O–H groups in total. The number of carbonyl (C=O) groups is 1. The largest absolute Gasteiger partial charge is 0.299 e. The number of ketones is 1. The summed E-state index contributed by atoms with van der Waals surface area (Å²) >= 11 is 2.08. The molecule has 0 amide bonds. The van der Waals surface area contributed by atoms with Crippen molar-refractivity contribution in [2.75, 3.05) is 11.5 Å². The summed E-state index contributed by atoms with van der Waals surface area (Å²) in [6.45, 7) is 3.99. The molecule has 82 valence electrons. The van der Waals surface area contributed by atoms with Crippen molar-refractivity contribution in [3.8, 4) is 0 Å². The van der Waals surface area contributed by atoms with Crippen molar-refractivity contribution >= 4 is 17.5 Å². The third kappa shape index (κ3) is 4.50. The minimum Gasteiger partial charge on any atom is -0.299 e. The van der Waals surface area contributed by atoms with Crippen molar-refractivity contribution in [3.63, 3.8) is 0 Å². The fourth-order valence-electron chi connectivity index (χ4n) is 1.83. The van der Waals surface area contributed by atoms with E-state index < -0.39 is 0 Å². The van der Waals surface area contributed by atoms with Gasteiger partial charge in [-0.25, -0.2) is 0 Å². The third-order valence-electron chi connectivity index (χ3n) is 2.95. The molecular weight excluding hydrogens is 192 g/mol. The summed E-state index contributed by atoms with van der Waals surface area (Å²) in [5.41, 5.74) is 0. The van der Waals surface area contributed by atoms with Crippen LogP contribution in [0.1, 0.15) is 46.0 Å². The highest BCUT2D eigenvalue weighted by atomic mass is 32.2. The zero-order chi connectivity index (χ0) is 10.4. The molecule has 1 aliphatic rings. The Kier molecular flexibility index (Phi) is 5.61. The number of Topliss-reactive ketones (excluding diaryl/α,β-unsaturated/α-hetero) is 1. The molecule has 1 heterocycles. The van der Waals surface area contributed by atoms with E-state index in [2.05, 4.69) is 11.8 Å². The number of unbranched alkanes of at least 4 members (excludes halogenated alkanes) is 1. The zero-order valence-electron chi connectivity index (χ0n) is 9.42. The van der Waals surface area contributed by atoms with Crippen LogP contribution in [0.5, 0.6) is 0 Å². The fourth-order valence-corrected chi connectivity index (χ4v) is 3.17. The Bertz CT molecular complexity index is 171. The van der Waals surface area contributed by atoms with Gasteiger partial charge in [0, 0.05) is 12.3 Å². The minimum absolute atomic E-state index is 0.233. The van der Waals surface area contributed by atoms with E-state index in [0.717, 1.165) is 18.8 Å². The van der Waals surface area contributed by atoms with Gasteiger partial charge in [-0.05, 0) is 36.7 Å². The van der Waals surface area contributed by atoms with Crippen LogP contribution in [-0.4, -0.2) is 17.3 Å². The lowest BCUT2D eigenvalue weighted by atomic mass is 9.98. The molecule has 0 aliphatic carbocycles. The first-order valence-electron chi connectivity index (χ1n) is 5.80. The Morgan fingerprint density at radius 3 is 2.79 bits per heavy atom. The molecule has 1 rings (SSSR count). The van der Waals surface area contributed by atoms with E-state index >= 15 is 0 Å². The summed E-state index contributed by atoms with van der Waals surface area (Å²) in [4.78, 5) is 11.3. The molecule has 0 aromatic carbocycles. The molecule has 1 atom stereocenters. The summed E-state index contributed by atoms with van der Waals surface area (Å²) in [6, 6.07) is 0. The van der Waals surface area contributed by atoms with Gasteiger partial charge in [0.25, 0.3) is 0 Å². The Labute approximate surface area is 92.0 Å². The van der Waals surface area contributed by atoms with Gasteiger partial charge in [-0.3, -0.25) is 4.79 Å². The quantitative estimate of drug-likeness (QED) is 0.629. The highest BCUT2D eigenvalue weighted by molar-refractivity contribution is 7.99. The number of hydrogen-bond acceptors (Lipinski definition) is 2. The second kappa shape index (κ2) is 6.49. The molecule has 0 aromatic heterocycles. The lowest BCUT2D eigenvalue weighted by Gasteiger charge is -2.07. The maximum atomic E-state index is 11.3. The molecule has 14 heavy (non-hydrogen) atoms. The van der Waals surface area contributed by atoms with E-state index in [9.17, 15) is 4.79 Å². The summed E-state index contributed by atoms with van der Waals surface area (Å²) in [6.07, 6.45) is 5.92. The first-order valence-corrected chi connectivity index (χ1v) is 6.96. The summed E-state index contributed by atoms with van der Waals surface area (Å²) < 4.78 is 0. The smallest absolute Gasteiger partial charge is 0.135 e. The molecule has 0 saturated carbocycles. The number of hydrogen-bond donors (Lipinski definition) is 0. The molecule has 2 heteroatoms. The van der Waals surface area contributed by atoms with Crippen LogP contribution < -0.4 is 0 Å². The molecule has 1 saturated heterocycles. The van der Waals surface area contributed by atoms with E-state index in [0.29, 0.717) is 5.78 Å². The molecule has 0 radical (unpaired) electrons. The SMILES string of the molecule is CC(C)C(=O)CCCCC1CCSC1. The Balaban J connectivity index is 1.96. The molecule has 0 spiro atoms. The highest BCUT2D eigenvalue weighted by Crippen LogP contribution is 2.27. The van der Waals surface area contributed by atoms with Crippen LogP contribution in [0.15, 0.2) is 0 Å². The van der Waals surface area contributed by atoms with Gasteiger partial charge in [0.1, 0.15) is 5.78 Å². The van der Waals surface area contributed by atoms with Gasteiger partial charge in [-0.2, -0.15) is 11.8 Å². The minimum atomic E-state index is 0.233. The van der Waals surface area contributed by atoms with Crippen LogP contribution >= 0.6 is 11.8 Å². The zero-order valence-corrected chi connectivity index (χ0v) is 10.2. The van der Waals surface area contributed by atoms with Crippen LogP contribution in [0.3, 0.4) is 0 Å². The molecular formula is C12H22OS.